The Bertz CT molecular complexity index is 777. The molecule has 3 rings (SSSR count). The zero-order valence-electron chi connectivity index (χ0n) is 13.9. The van der Waals surface area contributed by atoms with E-state index in [1.807, 2.05) is 36.4 Å². The van der Waals surface area contributed by atoms with Crippen molar-refractivity contribution in [1.82, 2.24) is 10.2 Å². The van der Waals surface area contributed by atoms with E-state index in [0.29, 0.717) is 18.0 Å². The van der Waals surface area contributed by atoms with Gasteiger partial charge in [-0.05, 0) is 35.2 Å². The Labute approximate surface area is 154 Å². The number of benzene rings is 2. The summed E-state index contributed by atoms with van der Waals surface area (Å²) in [6, 6.07) is 14.4. The number of hydrogen-bond acceptors (Lipinski definition) is 2. The van der Waals surface area contributed by atoms with Gasteiger partial charge in [0.05, 0.1) is 6.04 Å². The van der Waals surface area contributed by atoms with Crippen LogP contribution in [0, 0.1) is 0 Å². The van der Waals surface area contributed by atoms with Gasteiger partial charge >= 0.3 is 12.1 Å². The molecule has 1 aliphatic heterocycles. The zero-order chi connectivity index (χ0) is 18.7. The maximum Gasteiger partial charge on any atom is 0.471 e. The predicted molar refractivity (Wildman–Crippen MR) is 93.8 cm³/mol. The summed E-state index contributed by atoms with van der Waals surface area (Å²) >= 11 is 5.87. The van der Waals surface area contributed by atoms with E-state index in [4.69, 9.17) is 11.6 Å². The van der Waals surface area contributed by atoms with Gasteiger partial charge in [0, 0.05) is 24.7 Å². The average Bonchev–Trinajstić information content (AvgIpc) is 2.79. The van der Waals surface area contributed by atoms with Gasteiger partial charge in [-0.2, -0.15) is 13.2 Å². The van der Waals surface area contributed by atoms with Crippen LogP contribution in [0.25, 0.3) is 0 Å². The van der Waals surface area contributed by atoms with E-state index in [1.165, 1.54) is 0 Å². The molecule has 0 saturated heterocycles. The molecule has 0 bridgehead atoms. The number of hydrogen-bond donors (Lipinski definition) is 1. The average molecular weight is 383 g/mol. The minimum atomic E-state index is -4.86. The van der Waals surface area contributed by atoms with Crippen molar-refractivity contribution in [2.45, 2.75) is 25.2 Å². The van der Waals surface area contributed by atoms with Crippen LogP contribution in [0.4, 0.5) is 13.2 Å². The van der Waals surface area contributed by atoms with Crippen molar-refractivity contribution in [3.8, 4) is 0 Å². The summed E-state index contributed by atoms with van der Waals surface area (Å²) in [6.07, 6.45) is -4.46. The lowest BCUT2D eigenvalue weighted by Crippen LogP contribution is -2.44. The van der Waals surface area contributed by atoms with Crippen LogP contribution < -0.4 is 5.32 Å². The molecule has 3 nitrogen and oxygen atoms in total. The quantitative estimate of drug-likeness (QED) is 0.866. The second-order valence-electron chi connectivity index (χ2n) is 6.26. The number of nitrogens with one attached hydrogen (secondary N) is 1. The summed E-state index contributed by atoms with van der Waals surface area (Å²) < 4.78 is 38.7. The van der Waals surface area contributed by atoms with Crippen LogP contribution in [-0.4, -0.2) is 30.1 Å². The van der Waals surface area contributed by atoms with Crippen LogP contribution in [0.2, 0.25) is 5.02 Å². The molecule has 1 N–H and O–H groups in total. The van der Waals surface area contributed by atoms with Gasteiger partial charge in [0.25, 0.3) is 0 Å². The lowest BCUT2D eigenvalue weighted by atomic mass is 9.99. The minimum Gasteiger partial charge on any atom is -0.333 e. The molecular weight excluding hydrogens is 365 g/mol. The third-order valence-corrected chi connectivity index (χ3v) is 4.73. The topological polar surface area (TPSA) is 32.3 Å². The molecule has 0 aromatic heterocycles. The molecule has 138 valence electrons. The first-order valence-electron chi connectivity index (χ1n) is 8.26. The van der Waals surface area contributed by atoms with Crippen molar-refractivity contribution >= 4 is 17.5 Å². The number of amides is 1. The molecule has 2 aromatic carbocycles. The second kappa shape index (κ2) is 7.68. The molecule has 0 aliphatic carbocycles. The summed E-state index contributed by atoms with van der Waals surface area (Å²) in [6.45, 7) is 0.488. The van der Waals surface area contributed by atoms with E-state index in [2.05, 4.69) is 5.32 Å². The molecule has 26 heavy (non-hydrogen) atoms. The fourth-order valence-electron chi connectivity index (χ4n) is 3.15. The minimum absolute atomic E-state index is 0.0249. The van der Waals surface area contributed by atoms with Gasteiger partial charge < -0.3 is 10.2 Å². The predicted octanol–water partition coefficient (Wildman–Crippen LogP) is 4.12. The van der Waals surface area contributed by atoms with E-state index in [9.17, 15) is 18.0 Å². The Hall–Kier alpha value is -2.05. The monoisotopic (exact) mass is 382 g/mol. The van der Waals surface area contributed by atoms with Gasteiger partial charge in [0.15, 0.2) is 0 Å². The number of rotatable bonds is 3. The molecule has 0 spiro atoms. The molecule has 0 fully saturated rings. The maximum absolute atomic E-state index is 12.9. The highest BCUT2D eigenvalue weighted by Gasteiger charge is 2.43. The highest BCUT2D eigenvalue weighted by molar-refractivity contribution is 6.30. The van der Waals surface area contributed by atoms with Crippen molar-refractivity contribution in [3.05, 3.63) is 70.2 Å². The lowest BCUT2D eigenvalue weighted by molar-refractivity contribution is -0.185. The summed E-state index contributed by atoms with van der Waals surface area (Å²) in [7, 11) is 0. The first-order valence-corrected chi connectivity index (χ1v) is 8.64. The van der Waals surface area contributed by atoms with Gasteiger partial charge in [-0.15, -0.1) is 0 Å². The fraction of sp³-hybridized carbons (Fsp3) is 0.316. The number of fused-ring (bicyclic) bond motifs is 1. The Morgan fingerprint density at radius 3 is 2.54 bits per heavy atom. The molecule has 0 radical (unpaired) electrons. The van der Waals surface area contributed by atoms with Crippen molar-refractivity contribution in [3.63, 3.8) is 0 Å². The van der Waals surface area contributed by atoms with E-state index in [-0.39, 0.29) is 19.1 Å². The number of carbonyl (C=O) groups is 1. The standard InChI is InChI=1S/C19H18ClF3N2O/c20-15-7-5-13(6-8-15)11-24-17-12-25(18(26)19(21,22)23)10-9-14-3-1-2-4-16(14)17/h1-8,17,24H,9-12H2. The van der Waals surface area contributed by atoms with Crippen molar-refractivity contribution in [1.29, 1.82) is 0 Å². The number of carbonyl (C=O) groups excluding carboxylic acids is 1. The molecule has 1 aliphatic rings. The number of halogens is 4. The van der Waals surface area contributed by atoms with Gasteiger partial charge in [0.2, 0.25) is 0 Å². The zero-order valence-corrected chi connectivity index (χ0v) is 14.6. The van der Waals surface area contributed by atoms with E-state index < -0.39 is 12.1 Å². The summed E-state index contributed by atoms with van der Waals surface area (Å²) in [5, 5.41) is 3.91. The van der Waals surface area contributed by atoms with Crippen molar-refractivity contribution in [2.75, 3.05) is 13.1 Å². The highest BCUT2D eigenvalue weighted by atomic mass is 35.5. The Balaban J connectivity index is 1.81. The maximum atomic E-state index is 12.9. The number of alkyl halides is 3. The first-order chi connectivity index (χ1) is 12.3. The molecule has 1 amide bonds. The third kappa shape index (κ3) is 4.37. The van der Waals surface area contributed by atoms with Crippen molar-refractivity contribution in [2.24, 2.45) is 0 Å². The smallest absolute Gasteiger partial charge is 0.333 e. The SMILES string of the molecule is O=C(N1CCc2ccccc2C(NCc2ccc(Cl)cc2)C1)C(F)(F)F. The normalized spacial score (nSPS) is 17.5. The number of nitrogens with zero attached hydrogens (tertiary/aromatic N) is 1. The van der Waals surface area contributed by atoms with Crippen LogP contribution in [-0.2, 0) is 17.8 Å². The molecule has 2 aromatic rings. The third-order valence-electron chi connectivity index (χ3n) is 4.48. The molecular formula is C19H18ClF3N2O. The van der Waals surface area contributed by atoms with Crippen LogP contribution >= 0.6 is 11.6 Å². The lowest BCUT2D eigenvalue weighted by Gasteiger charge is -2.26. The first kappa shape index (κ1) is 18.7. The van der Waals surface area contributed by atoms with Crippen LogP contribution in [0.3, 0.4) is 0 Å². The van der Waals surface area contributed by atoms with Gasteiger partial charge in [-0.1, -0.05) is 48.0 Å². The van der Waals surface area contributed by atoms with Crippen LogP contribution in [0.15, 0.2) is 48.5 Å². The van der Waals surface area contributed by atoms with Crippen LogP contribution in [0.1, 0.15) is 22.7 Å². The summed E-state index contributed by atoms with van der Waals surface area (Å²) in [5.41, 5.74) is 2.85. The van der Waals surface area contributed by atoms with Gasteiger partial charge in [0.1, 0.15) is 0 Å². The summed E-state index contributed by atoms with van der Waals surface area (Å²) in [4.78, 5) is 12.6. The molecule has 7 heteroatoms. The molecule has 1 atom stereocenters. The second-order valence-corrected chi connectivity index (χ2v) is 6.69. The Kier molecular flexibility index (Phi) is 5.53. The molecule has 1 unspecified atom stereocenters. The van der Waals surface area contributed by atoms with Crippen molar-refractivity contribution < 1.29 is 18.0 Å². The van der Waals surface area contributed by atoms with Gasteiger partial charge in [-0.25, -0.2) is 0 Å². The van der Waals surface area contributed by atoms with E-state index in [1.54, 1.807) is 12.1 Å². The summed E-state index contributed by atoms with van der Waals surface area (Å²) in [5.74, 6) is -1.79. The molecule has 0 saturated carbocycles. The van der Waals surface area contributed by atoms with Gasteiger partial charge in [-0.3, -0.25) is 4.79 Å². The van der Waals surface area contributed by atoms with Crippen LogP contribution in [0.5, 0.6) is 0 Å². The molecule has 1 heterocycles. The van der Waals surface area contributed by atoms with E-state index in [0.717, 1.165) is 21.6 Å². The van der Waals surface area contributed by atoms with E-state index >= 15 is 0 Å². The Morgan fingerprint density at radius 1 is 1.15 bits per heavy atom. The Morgan fingerprint density at radius 2 is 1.85 bits per heavy atom. The largest absolute Gasteiger partial charge is 0.471 e. The fourth-order valence-corrected chi connectivity index (χ4v) is 3.27. The highest BCUT2D eigenvalue weighted by Crippen LogP contribution is 2.27.